The smallest absolute Gasteiger partial charge is 0.0571 e. The van der Waals surface area contributed by atoms with E-state index in [9.17, 15) is 0 Å². The molecule has 1 N–H and O–H groups in total. The van der Waals surface area contributed by atoms with Gasteiger partial charge in [0.15, 0.2) is 0 Å². The van der Waals surface area contributed by atoms with Gasteiger partial charge in [0.25, 0.3) is 0 Å². The normalized spacial score (nSPS) is 12.4. The van der Waals surface area contributed by atoms with Gasteiger partial charge in [-0.1, -0.05) is 0 Å². The van der Waals surface area contributed by atoms with Crippen LogP contribution >= 0.6 is 11.3 Å². The highest BCUT2D eigenvalue weighted by molar-refractivity contribution is 7.07. The van der Waals surface area contributed by atoms with E-state index in [1.807, 2.05) is 13.2 Å². The third-order valence-electron chi connectivity index (χ3n) is 3.09. The first kappa shape index (κ1) is 13.1. The van der Waals surface area contributed by atoms with E-state index in [2.05, 4.69) is 58.1 Å². The second-order valence-electron chi connectivity index (χ2n) is 4.44. The van der Waals surface area contributed by atoms with Crippen molar-refractivity contribution < 1.29 is 0 Å². The van der Waals surface area contributed by atoms with Gasteiger partial charge in [-0.2, -0.15) is 11.3 Å². The molecular weight excluding hydrogens is 242 g/mol. The Kier molecular flexibility index (Phi) is 4.33. The summed E-state index contributed by atoms with van der Waals surface area (Å²) in [4.78, 5) is 6.71. The molecule has 2 aromatic rings. The number of anilines is 1. The second-order valence-corrected chi connectivity index (χ2v) is 5.22. The van der Waals surface area contributed by atoms with Crippen LogP contribution in [0.15, 0.2) is 35.2 Å². The lowest BCUT2D eigenvalue weighted by Gasteiger charge is -2.19. The molecule has 0 aliphatic rings. The maximum absolute atomic E-state index is 4.50. The van der Waals surface area contributed by atoms with Gasteiger partial charge in [0, 0.05) is 19.6 Å². The highest BCUT2D eigenvalue weighted by Crippen LogP contribution is 2.18. The van der Waals surface area contributed by atoms with Gasteiger partial charge in [-0.3, -0.25) is 4.98 Å². The predicted molar refractivity (Wildman–Crippen MR) is 78.1 cm³/mol. The summed E-state index contributed by atoms with van der Waals surface area (Å²) in [7, 11) is 4.04. The van der Waals surface area contributed by atoms with E-state index in [1.54, 1.807) is 11.3 Å². The Morgan fingerprint density at radius 1 is 1.39 bits per heavy atom. The Hall–Kier alpha value is -1.39. The Labute approximate surface area is 112 Å². The molecule has 0 spiro atoms. The zero-order valence-corrected chi connectivity index (χ0v) is 11.9. The van der Waals surface area contributed by atoms with Crippen molar-refractivity contribution in [2.75, 3.05) is 19.0 Å². The van der Waals surface area contributed by atoms with Crippen LogP contribution in [0.2, 0.25) is 0 Å². The fourth-order valence-electron chi connectivity index (χ4n) is 1.78. The van der Waals surface area contributed by atoms with Crippen LogP contribution in [0.25, 0.3) is 0 Å². The number of aromatic nitrogens is 1. The highest BCUT2D eigenvalue weighted by atomic mass is 32.1. The van der Waals surface area contributed by atoms with E-state index >= 15 is 0 Å². The van der Waals surface area contributed by atoms with E-state index in [0.29, 0.717) is 6.04 Å². The Balaban J connectivity index is 2.04. The molecule has 2 heterocycles. The Morgan fingerprint density at radius 3 is 2.78 bits per heavy atom. The molecule has 0 aliphatic carbocycles. The van der Waals surface area contributed by atoms with Crippen LogP contribution in [-0.4, -0.2) is 19.1 Å². The largest absolute Gasteiger partial charge is 0.369 e. The minimum atomic E-state index is 0.293. The number of nitrogens with zero attached hydrogens (tertiary/aromatic N) is 2. The zero-order valence-electron chi connectivity index (χ0n) is 11.1. The molecule has 0 fully saturated rings. The van der Waals surface area contributed by atoms with Crippen molar-refractivity contribution in [2.45, 2.75) is 19.5 Å². The number of nitrogens with one attached hydrogen (secondary N) is 1. The minimum absolute atomic E-state index is 0.293. The van der Waals surface area contributed by atoms with Crippen molar-refractivity contribution in [1.82, 2.24) is 10.3 Å². The number of thiophene rings is 1. The summed E-state index contributed by atoms with van der Waals surface area (Å²) < 4.78 is 0. The SMILES string of the molecule is CNC(C)c1ccc(N(C)Cc2ccsc2)cn1. The quantitative estimate of drug-likeness (QED) is 0.896. The molecule has 0 aliphatic heterocycles. The monoisotopic (exact) mass is 261 g/mol. The maximum Gasteiger partial charge on any atom is 0.0571 e. The summed E-state index contributed by atoms with van der Waals surface area (Å²) in [5.74, 6) is 0. The molecule has 1 atom stereocenters. The molecule has 0 amide bonds. The lowest BCUT2D eigenvalue weighted by atomic mass is 10.2. The van der Waals surface area contributed by atoms with E-state index in [-0.39, 0.29) is 0 Å². The van der Waals surface area contributed by atoms with Gasteiger partial charge in [0.05, 0.1) is 17.6 Å². The van der Waals surface area contributed by atoms with Gasteiger partial charge in [0.1, 0.15) is 0 Å². The summed E-state index contributed by atoms with van der Waals surface area (Å²) in [5, 5.41) is 7.48. The molecule has 0 radical (unpaired) electrons. The van der Waals surface area contributed by atoms with Gasteiger partial charge in [-0.15, -0.1) is 0 Å². The first-order valence-corrected chi connectivity index (χ1v) is 7.00. The highest BCUT2D eigenvalue weighted by Gasteiger charge is 2.06. The molecule has 0 aromatic carbocycles. The average Bonchev–Trinajstić information content (AvgIpc) is 2.91. The van der Waals surface area contributed by atoms with Crippen LogP contribution in [0.1, 0.15) is 24.2 Å². The van der Waals surface area contributed by atoms with Crippen molar-refractivity contribution in [2.24, 2.45) is 0 Å². The minimum Gasteiger partial charge on any atom is -0.369 e. The molecular formula is C14H19N3S. The van der Waals surface area contributed by atoms with Crippen LogP contribution in [0.5, 0.6) is 0 Å². The molecule has 0 saturated heterocycles. The van der Waals surface area contributed by atoms with Crippen LogP contribution in [0.3, 0.4) is 0 Å². The van der Waals surface area contributed by atoms with Gasteiger partial charge in [-0.05, 0) is 48.5 Å². The first-order valence-electron chi connectivity index (χ1n) is 6.06. The summed E-state index contributed by atoms with van der Waals surface area (Å²) >= 11 is 1.74. The topological polar surface area (TPSA) is 28.2 Å². The van der Waals surface area contributed by atoms with Crippen molar-refractivity contribution in [3.8, 4) is 0 Å². The number of hydrogen-bond acceptors (Lipinski definition) is 4. The molecule has 2 aromatic heterocycles. The Morgan fingerprint density at radius 2 is 2.22 bits per heavy atom. The third kappa shape index (κ3) is 3.09. The molecule has 96 valence electrons. The third-order valence-corrected chi connectivity index (χ3v) is 3.82. The molecule has 2 rings (SSSR count). The van der Waals surface area contributed by atoms with Crippen LogP contribution < -0.4 is 10.2 Å². The summed E-state index contributed by atoms with van der Waals surface area (Å²) in [6.45, 7) is 3.03. The van der Waals surface area contributed by atoms with Crippen LogP contribution in [0.4, 0.5) is 5.69 Å². The molecule has 18 heavy (non-hydrogen) atoms. The summed E-state index contributed by atoms with van der Waals surface area (Å²) in [6.07, 6.45) is 1.94. The Bertz CT molecular complexity index is 464. The summed E-state index contributed by atoms with van der Waals surface area (Å²) in [6, 6.07) is 6.66. The molecule has 0 bridgehead atoms. The average molecular weight is 261 g/mol. The summed E-state index contributed by atoms with van der Waals surface area (Å²) in [5.41, 5.74) is 3.56. The van der Waals surface area contributed by atoms with E-state index in [0.717, 1.165) is 17.9 Å². The van der Waals surface area contributed by atoms with Gasteiger partial charge in [0.2, 0.25) is 0 Å². The van der Waals surface area contributed by atoms with Crippen LogP contribution in [-0.2, 0) is 6.54 Å². The lowest BCUT2D eigenvalue weighted by Crippen LogP contribution is -2.17. The predicted octanol–water partition coefficient (Wildman–Crippen LogP) is 3.06. The lowest BCUT2D eigenvalue weighted by molar-refractivity contribution is 0.632. The van der Waals surface area contributed by atoms with Crippen molar-refractivity contribution >= 4 is 17.0 Å². The maximum atomic E-state index is 4.50. The van der Waals surface area contributed by atoms with Crippen molar-refractivity contribution in [3.05, 3.63) is 46.4 Å². The van der Waals surface area contributed by atoms with E-state index in [1.165, 1.54) is 5.56 Å². The molecule has 0 saturated carbocycles. The number of hydrogen-bond donors (Lipinski definition) is 1. The van der Waals surface area contributed by atoms with E-state index < -0.39 is 0 Å². The fourth-order valence-corrected chi connectivity index (χ4v) is 2.43. The number of pyridine rings is 1. The number of rotatable bonds is 5. The second kappa shape index (κ2) is 5.98. The molecule has 1 unspecified atom stereocenters. The van der Waals surface area contributed by atoms with E-state index in [4.69, 9.17) is 0 Å². The van der Waals surface area contributed by atoms with Gasteiger partial charge < -0.3 is 10.2 Å². The molecule has 4 heteroatoms. The first-order chi connectivity index (χ1) is 8.70. The molecule has 3 nitrogen and oxygen atoms in total. The van der Waals surface area contributed by atoms with Gasteiger partial charge >= 0.3 is 0 Å². The standard InChI is InChI=1S/C14H19N3S/c1-11(15-2)14-5-4-13(8-16-14)17(3)9-12-6-7-18-10-12/h4-8,10-11,15H,9H2,1-3H3. The van der Waals surface area contributed by atoms with Crippen molar-refractivity contribution in [3.63, 3.8) is 0 Å². The van der Waals surface area contributed by atoms with Crippen LogP contribution in [0, 0.1) is 0 Å². The van der Waals surface area contributed by atoms with Crippen molar-refractivity contribution in [1.29, 1.82) is 0 Å². The van der Waals surface area contributed by atoms with Gasteiger partial charge in [-0.25, -0.2) is 0 Å². The zero-order chi connectivity index (χ0) is 13.0. The fraction of sp³-hybridized carbons (Fsp3) is 0.357.